The first kappa shape index (κ1) is 11.5. The molecule has 1 aromatic rings. The molecule has 1 aliphatic rings. The van der Waals surface area contributed by atoms with E-state index in [0.717, 1.165) is 12.0 Å². The highest BCUT2D eigenvalue weighted by molar-refractivity contribution is 5.86. The molecule has 1 fully saturated rings. The van der Waals surface area contributed by atoms with E-state index in [4.69, 9.17) is 10.4 Å². The molecule has 0 spiro atoms. The van der Waals surface area contributed by atoms with Gasteiger partial charge in [0, 0.05) is 6.54 Å². The van der Waals surface area contributed by atoms with E-state index in [-0.39, 0.29) is 11.7 Å². The second-order valence-corrected chi connectivity index (χ2v) is 4.40. The van der Waals surface area contributed by atoms with Crippen molar-refractivity contribution in [3.63, 3.8) is 0 Å². The Bertz CT molecular complexity index is 455. The van der Waals surface area contributed by atoms with Crippen LogP contribution in [0.5, 0.6) is 5.75 Å². The number of rotatable bonds is 3. The summed E-state index contributed by atoms with van der Waals surface area (Å²) in [6, 6.07) is 8.75. The third-order valence-electron chi connectivity index (χ3n) is 3.25. The van der Waals surface area contributed by atoms with E-state index in [2.05, 4.69) is 11.4 Å². The van der Waals surface area contributed by atoms with Gasteiger partial charge in [0.15, 0.2) is 0 Å². The molecular weight excluding hydrogens is 216 g/mol. The monoisotopic (exact) mass is 230 g/mol. The predicted molar refractivity (Wildman–Crippen MR) is 61.9 cm³/mol. The lowest BCUT2D eigenvalue weighted by atomic mass is 9.69. The second-order valence-electron chi connectivity index (χ2n) is 4.40. The molecule has 0 atom stereocenters. The van der Waals surface area contributed by atoms with Crippen molar-refractivity contribution in [2.24, 2.45) is 5.41 Å². The molecule has 0 aliphatic heterocycles. The fourth-order valence-corrected chi connectivity index (χ4v) is 1.89. The summed E-state index contributed by atoms with van der Waals surface area (Å²) >= 11 is 0. The number of carbonyl (C=O) groups excluding carboxylic acids is 1. The molecule has 0 bridgehead atoms. The van der Waals surface area contributed by atoms with Gasteiger partial charge in [-0.05, 0) is 37.0 Å². The largest absolute Gasteiger partial charge is 0.508 e. The van der Waals surface area contributed by atoms with Crippen LogP contribution in [0.2, 0.25) is 0 Å². The van der Waals surface area contributed by atoms with Gasteiger partial charge in [0.25, 0.3) is 0 Å². The number of amides is 1. The number of aromatic hydroxyl groups is 1. The maximum Gasteiger partial charge on any atom is 0.240 e. The minimum absolute atomic E-state index is 0.181. The van der Waals surface area contributed by atoms with Crippen molar-refractivity contribution in [3.8, 4) is 11.8 Å². The topological polar surface area (TPSA) is 73.1 Å². The van der Waals surface area contributed by atoms with Gasteiger partial charge in [0.1, 0.15) is 11.2 Å². The molecule has 4 nitrogen and oxygen atoms in total. The molecule has 17 heavy (non-hydrogen) atoms. The average molecular weight is 230 g/mol. The third-order valence-corrected chi connectivity index (χ3v) is 3.25. The summed E-state index contributed by atoms with van der Waals surface area (Å²) in [6.07, 6.45) is 2.26. The lowest BCUT2D eigenvalue weighted by Gasteiger charge is -2.33. The van der Waals surface area contributed by atoms with Crippen molar-refractivity contribution in [2.45, 2.75) is 25.8 Å². The van der Waals surface area contributed by atoms with E-state index in [9.17, 15) is 4.79 Å². The van der Waals surface area contributed by atoms with Gasteiger partial charge in [0.05, 0.1) is 6.07 Å². The van der Waals surface area contributed by atoms with Gasteiger partial charge in [-0.3, -0.25) is 4.79 Å². The smallest absolute Gasteiger partial charge is 0.240 e. The Balaban J connectivity index is 1.92. The van der Waals surface area contributed by atoms with Gasteiger partial charge >= 0.3 is 0 Å². The number of carbonyl (C=O) groups is 1. The van der Waals surface area contributed by atoms with Crippen molar-refractivity contribution >= 4 is 5.91 Å². The van der Waals surface area contributed by atoms with Crippen molar-refractivity contribution in [3.05, 3.63) is 29.8 Å². The minimum Gasteiger partial charge on any atom is -0.508 e. The van der Waals surface area contributed by atoms with Crippen LogP contribution in [-0.4, -0.2) is 11.0 Å². The van der Waals surface area contributed by atoms with E-state index in [1.807, 2.05) is 0 Å². The highest BCUT2D eigenvalue weighted by Crippen LogP contribution is 2.40. The molecule has 1 amide bonds. The van der Waals surface area contributed by atoms with Crippen molar-refractivity contribution in [1.82, 2.24) is 5.32 Å². The van der Waals surface area contributed by atoms with E-state index in [0.29, 0.717) is 19.4 Å². The van der Waals surface area contributed by atoms with Gasteiger partial charge in [0.2, 0.25) is 5.91 Å². The first-order chi connectivity index (χ1) is 8.16. The summed E-state index contributed by atoms with van der Waals surface area (Å²) in [5.74, 6) is 0.0203. The zero-order valence-corrected chi connectivity index (χ0v) is 9.44. The van der Waals surface area contributed by atoms with Crippen molar-refractivity contribution < 1.29 is 9.90 Å². The van der Waals surface area contributed by atoms with Crippen LogP contribution < -0.4 is 5.32 Å². The standard InChI is InChI=1S/C13H14N2O2/c14-9-13(6-1-7-13)12(17)15-8-10-2-4-11(16)5-3-10/h2-5,16H,1,6-8H2,(H,15,17). The molecule has 2 N–H and O–H groups in total. The summed E-state index contributed by atoms with van der Waals surface area (Å²) in [5.41, 5.74) is 0.111. The Morgan fingerprint density at radius 3 is 2.53 bits per heavy atom. The number of benzene rings is 1. The molecule has 1 saturated carbocycles. The normalized spacial score (nSPS) is 16.6. The predicted octanol–water partition coefficient (Wildman–Crippen LogP) is 1.70. The van der Waals surface area contributed by atoms with Gasteiger partial charge in [-0.15, -0.1) is 0 Å². The van der Waals surface area contributed by atoms with Crippen LogP contribution in [0.3, 0.4) is 0 Å². The minimum atomic E-state index is -0.795. The van der Waals surface area contributed by atoms with Crippen LogP contribution in [-0.2, 0) is 11.3 Å². The molecule has 2 rings (SSSR count). The van der Waals surface area contributed by atoms with E-state index in [1.165, 1.54) is 0 Å². The molecule has 0 saturated heterocycles. The first-order valence-electron chi connectivity index (χ1n) is 5.64. The highest BCUT2D eigenvalue weighted by Gasteiger charge is 2.44. The van der Waals surface area contributed by atoms with Crippen molar-refractivity contribution in [2.75, 3.05) is 0 Å². The van der Waals surface area contributed by atoms with E-state index >= 15 is 0 Å². The lowest BCUT2D eigenvalue weighted by Crippen LogP contribution is -2.44. The Morgan fingerprint density at radius 2 is 2.06 bits per heavy atom. The maximum atomic E-state index is 11.8. The Morgan fingerprint density at radius 1 is 1.41 bits per heavy atom. The van der Waals surface area contributed by atoms with Crippen LogP contribution >= 0.6 is 0 Å². The molecule has 0 radical (unpaired) electrons. The fraction of sp³-hybridized carbons (Fsp3) is 0.385. The Hall–Kier alpha value is -2.02. The van der Waals surface area contributed by atoms with Crippen LogP contribution in [0.15, 0.2) is 24.3 Å². The summed E-state index contributed by atoms with van der Waals surface area (Å²) in [6.45, 7) is 0.391. The zero-order chi connectivity index (χ0) is 12.3. The summed E-state index contributed by atoms with van der Waals surface area (Å²) in [7, 11) is 0. The van der Waals surface area contributed by atoms with Crippen molar-refractivity contribution in [1.29, 1.82) is 5.26 Å². The number of nitrogens with zero attached hydrogens (tertiary/aromatic N) is 1. The van der Waals surface area contributed by atoms with Gasteiger partial charge in [-0.1, -0.05) is 12.1 Å². The van der Waals surface area contributed by atoms with E-state index < -0.39 is 5.41 Å². The summed E-state index contributed by atoms with van der Waals surface area (Å²) < 4.78 is 0. The Kier molecular flexibility index (Phi) is 3.01. The second kappa shape index (κ2) is 4.46. The van der Waals surface area contributed by atoms with E-state index in [1.54, 1.807) is 24.3 Å². The molecule has 0 aromatic heterocycles. The molecule has 1 aromatic carbocycles. The molecule has 1 aliphatic carbocycles. The lowest BCUT2D eigenvalue weighted by molar-refractivity contribution is -0.131. The molecule has 88 valence electrons. The quantitative estimate of drug-likeness (QED) is 0.830. The summed E-state index contributed by atoms with van der Waals surface area (Å²) in [4.78, 5) is 11.8. The number of phenolic OH excluding ortho intramolecular Hbond substituents is 1. The number of hydrogen-bond acceptors (Lipinski definition) is 3. The summed E-state index contributed by atoms with van der Waals surface area (Å²) in [5, 5.41) is 20.9. The Labute approximate surface area is 99.9 Å². The average Bonchev–Trinajstić information content (AvgIpc) is 2.27. The fourth-order valence-electron chi connectivity index (χ4n) is 1.89. The molecular formula is C13H14N2O2. The zero-order valence-electron chi connectivity index (χ0n) is 9.44. The highest BCUT2D eigenvalue weighted by atomic mass is 16.3. The van der Waals surface area contributed by atoms with Crippen LogP contribution in [0.25, 0.3) is 0 Å². The molecule has 0 unspecified atom stereocenters. The number of hydrogen-bond donors (Lipinski definition) is 2. The maximum absolute atomic E-state index is 11.8. The van der Waals surface area contributed by atoms with Gasteiger partial charge in [-0.2, -0.15) is 5.26 Å². The van der Waals surface area contributed by atoms with Crippen LogP contribution in [0.4, 0.5) is 0 Å². The SMILES string of the molecule is N#CC1(C(=O)NCc2ccc(O)cc2)CCC1. The van der Waals surface area contributed by atoms with Gasteiger partial charge in [-0.25, -0.2) is 0 Å². The number of phenols is 1. The third kappa shape index (κ3) is 2.23. The number of nitrogens with one attached hydrogen (secondary N) is 1. The molecule has 0 heterocycles. The first-order valence-corrected chi connectivity index (χ1v) is 5.64. The molecule has 4 heteroatoms. The van der Waals surface area contributed by atoms with Gasteiger partial charge < -0.3 is 10.4 Å². The number of nitriles is 1. The van der Waals surface area contributed by atoms with Crippen LogP contribution in [0, 0.1) is 16.7 Å². The van der Waals surface area contributed by atoms with Crippen LogP contribution in [0.1, 0.15) is 24.8 Å².